The molecular formula is C17H19N3O4. The van der Waals surface area contributed by atoms with Crippen molar-refractivity contribution in [2.75, 3.05) is 26.3 Å². The lowest BCUT2D eigenvalue weighted by Crippen LogP contribution is -2.50. The zero-order valence-corrected chi connectivity index (χ0v) is 13.4. The number of hydrogen-bond donors (Lipinski definition) is 1. The van der Waals surface area contributed by atoms with Gasteiger partial charge >= 0.3 is 0 Å². The van der Waals surface area contributed by atoms with Gasteiger partial charge in [-0.1, -0.05) is 35.5 Å². The van der Waals surface area contributed by atoms with E-state index in [0.717, 1.165) is 5.56 Å². The van der Waals surface area contributed by atoms with E-state index in [2.05, 4.69) is 10.5 Å². The number of nitrogens with zero attached hydrogens (tertiary/aromatic N) is 2. The molecule has 0 unspecified atom stereocenters. The van der Waals surface area contributed by atoms with Gasteiger partial charge in [0.15, 0.2) is 11.5 Å². The monoisotopic (exact) mass is 329 g/mol. The summed E-state index contributed by atoms with van der Waals surface area (Å²) >= 11 is 0. The van der Waals surface area contributed by atoms with E-state index in [1.807, 2.05) is 30.3 Å². The standard InChI is InChI=1S/C17H19N3O4/c1-12(17(22)20-7-9-23-10-8-20)18-16(21)14-11-15(24-19-14)13-5-3-2-4-6-13/h2-6,11-12H,7-10H2,1H3,(H,18,21)/t12-/m0/s1. The van der Waals surface area contributed by atoms with Crippen molar-refractivity contribution in [2.24, 2.45) is 0 Å². The summed E-state index contributed by atoms with van der Waals surface area (Å²) in [4.78, 5) is 26.2. The molecule has 1 fully saturated rings. The third-order valence-electron chi connectivity index (χ3n) is 3.84. The molecule has 1 aromatic carbocycles. The van der Waals surface area contributed by atoms with Gasteiger partial charge in [-0.05, 0) is 6.92 Å². The van der Waals surface area contributed by atoms with E-state index in [9.17, 15) is 9.59 Å². The van der Waals surface area contributed by atoms with Gasteiger partial charge in [0.2, 0.25) is 5.91 Å². The van der Waals surface area contributed by atoms with E-state index in [1.165, 1.54) is 0 Å². The summed E-state index contributed by atoms with van der Waals surface area (Å²) in [6.45, 7) is 3.79. The minimum Gasteiger partial charge on any atom is -0.378 e. The normalized spacial score (nSPS) is 15.8. The van der Waals surface area contributed by atoms with E-state index < -0.39 is 11.9 Å². The first kappa shape index (κ1) is 16.2. The molecule has 24 heavy (non-hydrogen) atoms. The molecule has 2 amide bonds. The van der Waals surface area contributed by atoms with Gasteiger partial charge in [-0.2, -0.15) is 0 Å². The van der Waals surface area contributed by atoms with Gasteiger partial charge in [0.05, 0.1) is 13.2 Å². The number of carbonyl (C=O) groups excluding carboxylic acids is 2. The van der Waals surface area contributed by atoms with Crippen molar-refractivity contribution in [3.8, 4) is 11.3 Å². The summed E-state index contributed by atoms with van der Waals surface area (Å²) in [6.07, 6.45) is 0. The Kier molecular flexibility index (Phi) is 4.90. The zero-order valence-electron chi connectivity index (χ0n) is 13.4. The number of hydrogen-bond acceptors (Lipinski definition) is 5. The highest BCUT2D eigenvalue weighted by atomic mass is 16.5. The molecule has 1 saturated heterocycles. The molecule has 3 rings (SSSR count). The Morgan fingerprint density at radius 3 is 2.62 bits per heavy atom. The van der Waals surface area contributed by atoms with Crippen LogP contribution >= 0.6 is 0 Å². The minimum atomic E-state index is -0.632. The third-order valence-corrected chi connectivity index (χ3v) is 3.84. The van der Waals surface area contributed by atoms with Crippen LogP contribution in [0.2, 0.25) is 0 Å². The fourth-order valence-corrected chi connectivity index (χ4v) is 2.51. The van der Waals surface area contributed by atoms with Crippen molar-refractivity contribution in [1.29, 1.82) is 0 Å². The smallest absolute Gasteiger partial charge is 0.274 e. The highest BCUT2D eigenvalue weighted by molar-refractivity contribution is 5.96. The average molecular weight is 329 g/mol. The topological polar surface area (TPSA) is 84.7 Å². The number of amides is 2. The number of aromatic nitrogens is 1. The van der Waals surface area contributed by atoms with Crippen LogP contribution in [0.3, 0.4) is 0 Å². The number of rotatable bonds is 4. The van der Waals surface area contributed by atoms with Crippen molar-refractivity contribution >= 4 is 11.8 Å². The molecule has 0 spiro atoms. The molecule has 0 radical (unpaired) electrons. The van der Waals surface area contributed by atoms with Crippen molar-refractivity contribution < 1.29 is 18.8 Å². The summed E-state index contributed by atoms with van der Waals surface area (Å²) in [5.74, 6) is -0.0543. The number of ether oxygens (including phenoxy) is 1. The van der Waals surface area contributed by atoms with Gasteiger partial charge in [0.25, 0.3) is 5.91 Å². The van der Waals surface area contributed by atoms with E-state index >= 15 is 0 Å². The van der Waals surface area contributed by atoms with Gasteiger partial charge in [-0.3, -0.25) is 9.59 Å². The number of nitrogens with one attached hydrogen (secondary N) is 1. The molecule has 0 saturated carbocycles. The molecule has 2 aromatic rings. The van der Waals surface area contributed by atoms with Gasteiger partial charge in [-0.15, -0.1) is 0 Å². The van der Waals surface area contributed by atoms with E-state index in [1.54, 1.807) is 17.9 Å². The lowest BCUT2D eigenvalue weighted by Gasteiger charge is -2.29. The Hall–Kier alpha value is -2.67. The van der Waals surface area contributed by atoms with Crippen molar-refractivity contribution in [3.05, 3.63) is 42.1 Å². The largest absolute Gasteiger partial charge is 0.378 e. The Labute approximate surface area is 139 Å². The Bertz CT molecular complexity index is 708. The molecule has 1 atom stereocenters. The van der Waals surface area contributed by atoms with Gasteiger partial charge < -0.3 is 19.5 Å². The minimum absolute atomic E-state index is 0.126. The van der Waals surface area contributed by atoms with Crippen LogP contribution in [0.25, 0.3) is 11.3 Å². The maximum atomic E-state index is 12.3. The molecule has 7 heteroatoms. The molecule has 7 nitrogen and oxygen atoms in total. The third kappa shape index (κ3) is 3.62. The maximum Gasteiger partial charge on any atom is 0.274 e. The molecular weight excluding hydrogens is 310 g/mol. The first-order chi connectivity index (χ1) is 11.6. The first-order valence-electron chi connectivity index (χ1n) is 7.84. The molecule has 1 N–H and O–H groups in total. The number of morpholine rings is 1. The van der Waals surface area contributed by atoms with Crippen LogP contribution in [0.15, 0.2) is 40.9 Å². The van der Waals surface area contributed by atoms with Gasteiger partial charge in [-0.25, -0.2) is 0 Å². The molecule has 1 aliphatic rings. The summed E-state index contributed by atoms with van der Waals surface area (Å²) in [6, 6.07) is 10.3. The zero-order chi connectivity index (χ0) is 16.9. The Morgan fingerprint density at radius 2 is 1.92 bits per heavy atom. The lowest BCUT2D eigenvalue weighted by molar-refractivity contribution is -0.136. The van der Waals surface area contributed by atoms with E-state index in [4.69, 9.17) is 9.26 Å². The van der Waals surface area contributed by atoms with Gasteiger partial charge in [0.1, 0.15) is 6.04 Å². The maximum absolute atomic E-state index is 12.3. The molecule has 2 heterocycles. The molecule has 1 aliphatic heterocycles. The van der Waals surface area contributed by atoms with Crippen LogP contribution in [0.4, 0.5) is 0 Å². The van der Waals surface area contributed by atoms with Crippen molar-refractivity contribution in [2.45, 2.75) is 13.0 Å². The van der Waals surface area contributed by atoms with Crippen LogP contribution in [-0.2, 0) is 9.53 Å². The van der Waals surface area contributed by atoms with Crippen molar-refractivity contribution in [1.82, 2.24) is 15.4 Å². The van der Waals surface area contributed by atoms with E-state index in [0.29, 0.717) is 32.1 Å². The highest BCUT2D eigenvalue weighted by Gasteiger charge is 2.25. The lowest BCUT2D eigenvalue weighted by atomic mass is 10.1. The Morgan fingerprint density at radius 1 is 1.21 bits per heavy atom. The van der Waals surface area contributed by atoms with Crippen molar-refractivity contribution in [3.63, 3.8) is 0 Å². The van der Waals surface area contributed by atoms with Crippen LogP contribution in [0, 0.1) is 0 Å². The van der Waals surface area contributed by atoms with Crippen LogP contribution < -0.4 is 5.32 Å². The number of carbonyl (C=O) groups is 2. The summed E-state index contributed by atoms with van der Waals surface area (Å²) in [7, 11) is 0. The highest BCUT2D eigenvalue weighted by Crippen LogP contribution is 2.19. The number of benzene rings is 1. The fourth-order valence-electron chi connectivity index (χ4n) is 2.51. The summed E-state index contributed by atoms with van der Waals surface area (Å²) < 4.78 is 10.4. The molecule has 1 aromatic heterocycles. The summed E-state index contributed by atoms with van der Waals surface area (Å²) in [5, 5.41) is 6.45. The quantitative estimate of drug-likeness (QED) is 0.914. The summed E-state index contributed by atoms with van der Waals surface area (Å²) in [5.41, 5.74) is 0.983. The fraction of sp³-hybridized carbons (Fsp3) is 0.353. The second kappa shape index (κ2) is 7.27. The second-order valence-electron chi connectivity index (χ2n) is 5.58. The SMILES string of the molecule is C[C@H](NC(=O)c1cc(-c2ccccc2)on1)C(=O)N1CCOCC1. The first-order valence-corrected chi connectivity index (χ1v) is 7.84. The molecule has 0 bridgehead atoms. The van der Waals surface area contributed by atoms with Crippen LogP contribution in [0.5, 0.6) is 0 Å². The van der Waals surface area contributed by atoms with E-state index in [-0.39, 0.29) is 11.6 Å². The average Bonchev–Trinajstić information content (AvgIpc) is 3.13. The van der Waals surface area contributed by atoms with Crippen LogP contribution in [-0.4, -0.2) is 54.2 Å². The molecule has 0 aliphatic carbocycles. The molecule has 126 valence electrons. The second-order valence-corrected chi connectivity index (χ2v) is 5.58. The van der Waals surface area contributed by atoms with Gasteiger partial charge in [0, 0.05) is 24.7 Å². The van der Waals surface area contributed by atoms with Crippen LogP contribution in [0.1, 0.15) is 17.4 Å². The predicted octanol–water partition coefficient (Wildman–Crippen LogP) is 1.32. The Balaban J connectivity index is 1.62. The predicted molar refractivity (Wildman–Crippen MR) is 86.3 cm³/mol.